The topological polar surface area (TPSA) is 42.7 Å². The fourth-order valence-corrected chi connectivity index (χ4v) is 3.15. The molecule has 0 radical (unpaired) electrons. The third-order valence-corrected chi connectivity index (χ3v) is 4.61. The van der Waals surface area contributed by atoms with E-state index in [1.54, 1.807) is 0 Å². The maximum Gasteiger partial charge on any atom is 0.149 e. The molecule has 0 spiro atoms. The lowest BCUT2D eigenvalue weighted by atomic mass is 10.1. The number of aromatic nitrogens is 3. The Morgan fingerprint density at radius 3 is 2.65 bits per heavy atom. The molecular formula is C15H19IN4. The molecule has 0 fully saturated rings. The van der Waals surface area contributed by atoms with E-state index in [1.807, 2.05) is 0 Å². The Bertz CT molecular complexity index is 590. The number of hydrogen-bond acceptors (Lipinski definition) is 3. The molecule has 4 nitrogen and oxygen atoms in total. The first-order valence-electron chi connectivity index (χ1n) is 7.08. The normalized spacial score (nSPS) is 16.9. The maximum atomic E-state index is 4.35. The van der Waals surface area contributed by atoms with Crippen LogP contribution in [0.5, 0.6) is 0 Å². The van der Waals surface area contributed by atoms with E-state index in [0.29, 0.717) is 6.04 Å². The van der Waals surface area contributed by atoms with Crippen molar-refractivity contribution in [2.75, 3.05) is 0 Å². The predicted octanol–water partition coefficient (Wildman–Crippen LogP) is 3.24. The molecule has 1 aromatic heterocycles. The molecule has 2 atom stereocenters. The molecule has 106 valence electrons. The van der Waals surface area contributed by atoms with Crippen LogP contribution in [0.1, 0.15) is 49.6 Å². The number of benzene rings is 1. The van der Waals surface area contributed by atoms with Crippen molar-refractivity contribution in [1.29, 1.82) is 0 Å². The van der Waals surface area contributed by atoms with Gasteiger partial charge in [-0.2, -0.15) is 0 Å². The summed E-state index contributed by atoms with van der Waals surface area (Å²) in [5.74, 6) is 2.20. The van der Waals surface area contributed by atoms with Gasteiger partial charge in [-0.25, -0.2) is 0 Å². The van der Waals surface area contributed by atoms with Crippen LogP contribution < -0.4 is 5.32 Å². The lowest BCUT2D eigenvalue weighted by Crippen LogP contribution is -2.25. The first-order chi connectivity index (χ1) is 9.65. The van der Waals surface area contributed by atoms with Crippen molar-refractivity contribution in [3.63, 3.8) is 0 Å². The first kappa shape index (κ1) is 14.0. The second-order valence-corrected chi connectivity index (χ2v) is 6.64. The Morgan fingerprint density at radius 2 is 1.90 bits per heavy atom. The summed E-state index contributed by atoms with van der Waals surface area (Å²) < 4.78 is 3.53. The SMILES string of the molecule is CC(NC(C)c1nnc2n1CCC2)c1ccc(I)cc1. The molecule has 0 amide bonds. The van der Waals surface area contributed by atoms with Crippen molar-refractivity contribution >= 4 is 22.6 Å². The summed E-state index contributed by atoms with van der Waals surface area (Å²) in [6.45, 7) is 5.42. The number of rotatable bonds is 4. The van der Waals surface area contributed by atoms with Crippen molar-refractivity contribution in [2.24, 2.45) is 0 Å². The summed E-state index contributed by atoms with van der Waals surface area (Å²) >= 11 is 2.33. The Hall–Kier alpha value is -0.950. The molecule has 0 bridgehead atoms. The fraction of sp³-hybridized carbons (Fsp3) is 0.467. The maximum absolute atomic E-state index is 4.35. The highest BCUT2D eigenvalue weighted by Gasteiger charge is 2.22. The number of halogens is 1. The number of nitrogens with one attached hydrogen (secondary N) is 1. The summed E-state index contributed by atoms with van der Waals surface area (Å²) in [4.78, 5) is 0. The third kappa shape index (κ3) is 2.74. The molecule has 0 saturated heterocycles. The standard InChI is InChI=1S/C15H19IN4/c1-10(12-5-7-13(16)8-6-12)17-11(2)15-19-18-14-4-3-9-20(14)15/h5-8,10-11,17H,3-4,9H2,1-2H3. The Kier molecular flexibility index (Phi) is 4.07. The van der Waals surface area contributed by atoms with Gasteiger partial charge in [-0.3, -0.25) is 0 Å². The van der Waals surface area contributed by atoms with Crippen molar-refractivity contribution < 1.29 is 0 Å². The van der Waals surface area contributed by atoms with Crippen molar-refractivity contribution in [2.45, 2.75) is 45.3 Å². The molecule has 0 saturated carbocycles. The third-order valence-electron chi connectivity index (χ3n) is 3.90. The van der Waals surface area contributed by atoms with Gasteiger partial charge in [0, 0.05) is 22.6 Å². The van der Waals surface area contributed by atoms with Gasteiger partial charge >= 0.3 is 0 Å². The fourth-order valence-electron chi connectivity index (χ4n) is 2.79. The van der Waals surface area contributed by atoms with E-state index in [0.717, 1.165) is 24.6 Å². The van der Waals surface area contributed by atoms with Gasteiger partial charge in [0.15, 0.2) is 0 Å². The second-order valence-electron chi connectivity index (χ2n) is 5.39. The molecule has 5 heteroatoms. The van der Waals surface area contributed by atoms with Gasteiger partial charge in [0.1, 0.15) is 11.6 Å². The highest BCUT2D eigenvalue weighted by molar-refractivity contribution is 14.1. The van der Waals surface area contributed by atoms with E-state index in [-0.39, 0.29) is 6.04 Å². The van der Waals surface area contributed by atoms with E-state index in [9.17, 15) is 0 Å². The molecule has 2 unspecified atom stereocenters. The zero-order valence-electron chi connectivity index (χ0n) is 11.8. The number of aryl methyl sites for hydroxylation is 1. The van der Waals surface area contributed by atoms with Gasteiger partial charge in [0.2, 0.25) is 0 Å². The molecule has 1 N–H and O–H groups in total. The Morgan fingerprint density at radius 1 is 1.15 bits per heavy atom. The monoisotopic (exact) mass is 382 g/mol. The van der Waals surface area contributed by atoms with E-state index >= 15 is 0 Å². The van der Waals surface area contributed by atoms with Crippen molar-refractivity contribution in [1.82, 2.24) is 20.1 Å². The van der Waals surface area contributed by atoms with E-state index in [2.05, 4.69) is 80.8 Å². The van der Waals surface area contributed by atoms with Crippen LogP contribution in [0.15, 0.2) is 24.3 Å². The number of fused-ring (bicyclic) bond motifs is 1. The lowest BCUT2D eigenvalue weighted by molar-refractivity contribution is 0.459. The number of nitrogens with zero attached hydrogens (tertiary/aromatic N) is 3. The quantitative estimate of drug-likeness (QED) is 0.826. The van der Waals surface area contributed by atoms with Gasteiger partial charge in [-0.1, -0.05) is 12.1 Å². The lowest BCUT2D eigenvalue weighted by Gasteiger charge is -2.20. The van der Waals surface area contributed by atoms with Crippen LogP contribution in [0.25, 0.3) is 0 Å². The van der Waals surface area contributed by atoms with E-state index < -0.39 is 0 Å². The molecule has 1 aliphatic heterocycles. The molecule has 1 aromatic carbocycles. The minimum atomic E-state index is 0.212. The van der Waals surface area contributed by atoms with E-state index in [4.69, 9.17) is 0 Å². The van der Waals surface area contributed by atoms with Crippen molar-refractivity contribution in [3.8, 4) is 0 Å². The van der Waals surface area contributed by atoms with Crippen LogP contribution in [-0.4, -0.2) is 14.8 Å². The molecule has 20 heavy (non-hydrogen) atoms. The van der Waals surface area contributed by atoms with Gasteiger partial charge in [-0.15, -0.1) is 10.2 Å². The molecule has 1 aliphatic rings. The first-order valence-corrected chi connectivity index (χ1v) is 8.16. The molecule has 3 rings (SSSR count). The average molecular weight is 382 g/mol. The average Bonchev–Trinajstić information content (AvgIpc) is 3.01. The number of hydrogen-bond donors (Lipinski definition) is 1. The van der Waals surface area contributed by atoms with Crippen LogP contribution >= 0.6 is 22.6 Å². The molecule has 2 aromatic rings. The Labute approximate surface area is 133 Å². The highest BCUT2D eigenvalue weighted by Crippen LogP contribution is 2.22. The minimum Gasteiger partial charge on any atom is -0.314 e. The van der Waals surface area contributed by atoms with Crippen LogP contribution in [-0.2, 0) is 13.0 Å². The zero-order valence-corrected chi connectivity index (χ0v) is 14.0. The Balaban J connectivity index is 1.72. The predicted molar refractivity (Wildman–Crippen MR) is 87.5 cm³/mol. The van der Waals surface area contributed by atoms with Gasteiger partial charge in [0.25, 0.3) is 0 Å². The van der Waals surface area contributed by atoms with E-state index in [1.165, 1.54) is 15.6 Å². The van der Waals surface area contributed by atoms with Crippen molar-refractivity contribution in [3.05, 3.63) is 45.0 Å². The summed E-state index contributed by atoms with van der Waals surface area (Å²) in [7, 11) is 0. The largest absolute Gasteiger partial charge is 0.314 e. The molecule has 2 heterocycles. The molecule has 0 aliphatic carbocycles. The highest BCUT2D eigenvalue weighted by atomic mass is 127. The minimum absolute atomic E-state index is 0.212. The zero-order chi connectivity index (χ0) is 14.1. The summed E-state index contributed by atoms with van der Waals surface area (Å²) in [5, 5.41) is 12.3. The van der Waals surface area contributed by atoms with Crippen LogP contribution in [0.3, 0.4) is 0 Å². The molecular weight excluding hydrogens is 363 g/mol. The van der Waals surface area contributed by atoms with Crippen LogP contribution in [0.4, 0.5) is 0 Å². The summed E-state index contributed by atoms with van der Waals surface area (Å²) in [6.07, 6.45) is 2.25. The summed E-state index contributed by atoms with van der Waals surface area (Å²) in [6, 6.07) is 9.17. The smallest absolute Gasteiger partial charge is 0.149 e. The van der Waals surface area contributed by atoms with Crippen LogP contribution in [0, 0.1) is 3.57 Å². The summed E-state index contributed by atoms with van der Waals surface area (Å²) in [5.41, 5.74) is 1.30. The van der Waals surface area contributed by atoms with Gasteiger partial charge in [-0.05, 0) is 60.6 Å². The second kappa shape index (κ2) is 5.81. The van der Waals surface area contributed by atoms with Gasteiger partial charge < -0.3 is 9.88 Å². The van der Waals surface area contributed by atoms with Gasteiger partial charge in [0.05, 0.1) is 6.04 Å². The van der Waals surface area contributed by atoms with Crippen LogP contribution in [0.2, 0.25) is 0 Å².